The monoisotopic (exact) mass is 276 g/mol. The molecule has 0 bridgehead atoms. The molecule has 21 heavy (non-hydrogen) atoms. The van der Waals surface area contributed by atoms with Gasteiger partial charge in [-0.15, -0.1) is 0 Å². The van der Waals surface area contributed by atoms with E-state index in [9.17, 15) is 4.79 Å². The van der Waals surface area contributed by atoms with Gasteiger partial charge in [0.05, 0.1) is 0 Å². The third kappa shape index (κ3) is 2.52. The van der Waals surface area contributed by atoms with E-state index in [4.69, 9.17) is 4.74 Å². The zero-order valence-corrected chi connectivity index (χ0v) is 11.8. The minimum Gasteiger partial charge on any atom is -0.475 e. The molecule has 0 aliphatic rings. The van der Waals surface area contributed by atoms with Crippen molar-refractivity contribution in [3.05, 3.63) is 78.4 Å². The Bertz CT molecular complexity index is 759. The minimum absolute atomic E-state index is 0.714. The molecule has 0 amide bonds. The molecule has 0 saturated heterocycles. The number of ether oxygens (including phenoxy) is 1. The van der Waals surface area contributed by atoms with Crippen LogP contribution in [0.3, 0.4) is 0 Å². The van der Waals surface area contributed by atoms with Crippen LogP contribution in [-0.2, 0) is 10.4 Å². The van der Waals surface area contributed by atoms with E-state index in [0.29, 0.717) is 5.75 Å². The standard InChI is InChI=1S/C19H16O2/c1-19(14-20,16-10-3-2-4-11-16)21-18-13-7-9-15-8-5-6-12-17(15)18/h2-14H,1H3/t19-/m0/s1. The van der Waals surface area contributed by atoms with E-state index in [1.54, 1.807) is 6.92 Å². The lowest BCUT2D eigenvalue weighted by Crippen LogP contribution is -2.31. The second-order valence-corrected chi connectivity index (χ2v) is 5.17. The summed E-state index contributed by atoms with van der Waals surface area (Å²) in [7, 11) is 0. The number of carbonyl (C=O) groups excluding carboxylic acids is 1. The highest BCUT2D eigenvalue weighted by atomic mass is 16.5. The summed E-state index contributed by atoms with van der Waals surface area (Å²) in [5, 5.41) is 2.10. The summed E-state index contributed by atoms with van der Waals surface area (Å²) in [5.41, 5.74) is -0.154. The maximum Gasteiger partial charge on any atom is 0.186 e. The highest BCUT2D eigenvalue weighted by molar-refractivity contribution is 5.88. The van der Waals surface area contributed by atoms with Crippen molar-refractivity contribution in [1.29, 1.82) is 0 Å². The summed E-state index contributed by atoms with van der Waals surface area (Å²) in [6.45, 7) is 1.79. The Morgan fingerprint density at radius 1 is 0.857 bits per heavy atom. The average Bonchev–Trinajstić information content (AvgIpc) is 2.56. The van der Waals surface area contributed by atoms with E-state index >= 15 is 0 Å². The SMILES string of the molecule is C[C@@](C=O)(Oc1cccc2ccccc12)c1ccccc1. The largest absolute Gasteiger partial charge is 0.475 e. The molecule has 104 valence electrons. The van der Waals surface area contributed by atoms with Crippen molar-refractivity contribution in [2.75, 3.05) is 0 Å². The fourth-order valence-corrected chi connectivity index (χ4v) is 2.43. The van der Waals surface area contributed by atoms with Gasteiger partial charge in [-0.2, -0.15) is 0 Å². The maximum absolute atomic E-state index is 11.6. The van der Waals surface area contributed by atoms with Crippen LogP contribution in [0.5, 0.6) is 5.75 Å². The molecule has 0 spiro atoms. The summed E-state index contributed by atoms with van der Waals surface area (Å²) in [4.78, 5) is 11.6. The van der Waals surface area contributed by atoms with E-state index in [1.165, 1.54) is 0 Å². The van der Waals surface area contributed by atoms with Crippen molar-refractivity contribution < 1.29 is 9.53 Å². The van der Waals surface area contributed by atoms with Gasteiger partial charge >= 0.3 is 0 Å². The molecule has 0 aromatic heterocycles. The molecule has 1 atom stereocenters. The highest BCUT2D eigenvalue weighted by Gasteiger charge is 2.28. The molecule has 2 nitrogen and oxygen atoms in total. The number of hydrogen-bond acceptors (Lipinski definition) is 2. The Morgan fingerprint density at radius 2 is 1.52 bits per heavy atom. The maximum atomic E-state index is 11.6. The predicted molar refractivity (Wildman–Crippen MR) is 84.4 cm³/mol. The fraction of sp³-hybridized carbons (Fsp3) is 0.105. The minimum atomic E-state index is -0.995. The Kier molecular flexibility index (Phi) is 3.44. The Labute approximate surface area is 124 Å². The van der Waals surface area contributed by atoms with Crippen LogP contribution < -0.4 is 4.74 Å². The number of aldehydes is 1. The lowest BCUT2D eigenvalue weighted by Gasteiger charge is -2.26. The molecule has 0 N–H and O–H groups in total. The molecule has 2 heteroatoms. The zero-order chi connectivity index (χ0) is 14.7. The van der Waals surface area contributed by atoms with Gasteiger partial charge in [0.1, 0.15) is 5.75 Å². The second-order valence-electron chi connectivity index (χ2n) is 5.17. The molecule has 0 heterocycles. The van der Waals surface area contributed by atoms with Crippen molar-refractivity contribution in [3.8, 4) is 5.75 Å². The van der Waals surface area contributed by atoms with Crippen LogP contribution in [0.15, 0.2) is 72.8 Å². The molecule has 3 aromatic rings. The van der Waals surface area contributed by atoms with Crippen molar-refractivity contribution in [2.24, 2.45) is 0 Å². The first-order valence-corrected chi connectivity index (χ1v) is 6.91. The van der Waals surface area contributed by atoms with E-state index in [2.05, 4.69) is 0 Å². The first kappa shape index (κ1) is 13.4. The number of hydrogen-bond donors (Lipinski definition) is 0. The van der Waals surface area contributed by atoms with Crippen LogP contribution in [0, 0.1) is 0 Å². The highest BCUT2D eigenvalue weighted by Crippen LogP contribution is 2.31. The summed E-state index contributed by atoms with van der Waals surface area (Å²) in [5.74, 6) is 0.714. The van der Waals surface area contributed by atoms with Gasteiger partial charge in [0, 0.05) is 10.9 Å². The van der Waals surface area contributed by atoms with Crippen LogP contribution in [0.25, 0.3) is 10.8 Å². The third-order valence-electron chi connectivity index (χ3n) is 3.64. The van der Waals surface area contributed by atoms with Gasteiger partial charge in [-0.05, 0) is 18.4 Å². The lowest BCUT2D eigenvalue weighted by atomic mass is 9.97. The van der Waals surface area contributed by atoms with E-state index < -0.39 is 5.60 Å². The smallest absolute Gasteiger partial charge is 0.186 e. The molecule has 0 radical (unpaired) electrons. The van der Waals surface area contributed by atoms with Crippen LogP contribution in [0.1, 0.15) is 12.5 Å². The van der Waals surface area contributed by atoms with E-state index in [1.807, 2.05) is 72.8 Å². The van der Waals surface area contributed by atoms with Crippen molar-refractivity contribution in [1.82, 2.24) is 0 Å². The molecule has 0 aliphatic heterocycles. The fourth-order valence-electron chi connectivity index (χ4n) is 2.43. The summed E-state index contributed by atoms with van der Waals surface area (Å²) >= 11 is 0. The van der Waals surface area contributed by atoms with Crippen LogP contribution >= 0.6 is 0 Å². The van der Waals surface area contributed by atoms with Gasteiger partial charge in [-0.25, -0.2) is 0 Å². The van der Waals surface area contributed by atoms with Gasteiger partial charge in [0.15, 0.2) is 11.9 Å². The summed E-state index contributed by atoms with van der Waals surface area (Å²) in [6, 6.07) is 23.4. The zero-order valence-electron chi connectivity index (χ0n) is 11.8. The van der Waals surface area contributed by atoms with Gasteiger partial charge < -0.3 is 4.74 Å². The molecule has 0 fully saturated rings. The topological polar surface area (TPSA) is 26.3 Å². The van der Waals surface area contributed by atoms with Crippen molar-refractivity contribution in [2.45, 2.75) is 12.5 Å². The number of benzene rings is 3. The first-order valence-electron chi connectivity index (χ1n) is 6.91. The second kappa shape index (κ2) is 5.41. The van der Waals surface area contributed by atoms with Gasteiger partial charge in [0.2, 0.25) is 0 Å². The van der Waals surface area contributed by atoms with Crippen molar-refractivity contribution in [3.63, 3.8) is 0 Å². The molecular formula is C19H16O2. The molecule has 0 unspecified atom stereocenters. The van der Waals surface area contributed by atoms with E-state index in [0.717, 1.165) is 22.6 Å². The quantitative estimate of drug-likeness (QED) is 0.663. The Balaban J connectivity index is 2.06. The summed E-state index contributed by atoms with van der Waals surface area (Å²) < 4.78 is 6.08. The normalized spacial score (nSPS) is 13.6. The van der Waals surface area contributed by atoms with E-state index in [-0.39, 0.29) is 0 Å². The molecule has 3 rings (SSSR count). The van der Waals surface area contributed by atoms with Gasteiger partial charge in [-0.1, -0.05) is 66.7 Å². The molecule has 0 aliphatic carbocycles. The lowest BCUT2D eigenvalue weighted by molar-refractivity contribution is -0.120. The third-order valence-corrected chi connectivity index (χ3v) is 3.64. The number of carbonyl (C=O) groups is 1. The first-order chi connectivity index (χ1) is 10.2. The number of rotatable bonds is 4. The predicted octanol–water partition coefficient (Wildman–Crippen LogP) is 4.33. The van der Waals surface area contributed by atoms with Crippen LogP contribution in [0.4, 0.5) is 0 Å². The molecule has 3 aromatic carbocycles. The van der Waals surface area contributed by atoms with Crippen LogP contribution in [-0.4, -0.2) is 6.29 Å². The number of fused-ring (bicyclic) bond motifs is 1. The molecular weight excluding hydrogens is 260 g/mol. The molecule has 0 saturated carbocycles. The van der Waals surface area contributed by atoms with Crippen molar-refractivity contribution >= 4 is 17.1 Å². The van der Waals surface area contributed by atoms with Gasteiger partial charge in [-0.3, -0.25) is 4.79 Å². The summed E-state index contributed by atoms with van der Waals surface area (Å²) in [6.07, 6.45) is 0.851. The Hall–Kier alpha value is -2.61. The average molecular weight is 276 g/mol. The van der Waals surface area contributed by atoms with Gasteiger partial charge in [0.25, 0.3) is 0 Å². The Morgan fingerprint density at radius 3 is 2.29 bits per heavy atom. The van der Waals surface area contributed by atoms with Crippen LogP contribution in [0.2, 0.25) is 0 Å².